The first-order chi connectivity index (χ1) is 15.3. The van der Waals surface area contributed by atoms with Crippen LogP contribution in [0, 0.1) is 17.2 Å². The second-order valence-electron chi connectivity index (χ2n) is 7.99. The van der Waals surface area contributed by atoms with Gasteiger partial charge in [0.05, 0.1) is 5.57 Å². The summed E-state index contributed by atoms with van der Waals surface area (Å²) in [5, 5.41) is 11.6. The maximum atomic E-state index is 12.8. The minimum Gasteiger partial charge on any atom is -0.399 e. The third-order valence-corrected chi connectivity index (χ3v) is 5.58. The molecule has 1 aromatic carbocycles. The van der Waals surface area contributed by atoms with Crippen LogP contribution in [0.15, 0.2) is 96.3 Å². The Hall–Kier alpha value is -3.28. The number of nitrogen functional groups attached to an aromatic ring is 1. The van der Waals surface area contributed by atoms with Crippen LogP contribution in [-0.2, 0) is 0 Å². The SMILES string of the molecule is C=CCCC(=N)/C=C(\Nc1ccc(N)cc1)C1=CCC(C2C=CC(C(F)(F)F)=CC2)C=C1. The highest BCUT2D eigenvalue weighted by Crippen LogP contribution is 2.36. The molecular weight excluding hydrogens is 411 g/mol. The van der Waals surface area contributed by atoms with E-state index in [0.717, 1.165) is 29.8 Å². The molecule has 2 aliphatic carbocycles. The van der Waals surface area contributed by atoms with Crippen molar-refractivity contribution >= 4 is 17.1 Å². The number of nitrogens with two attached hydrogens (primary N) is 1. The second-order valence-corrected chi connectivity index (χ2v) is 7.99. The number of allylic oxidation sites excluding steroid dienone is 9. The van der Waals surface area contributed by atoms with Gasteiger partial charge in [-0.1, -0.05) is 42.5 Å². The molecule has 2 aliphatic rings. The van der Waals surface area contributed by atoms with Gasteiger partial charge in [-0.15, -0.1) is 6.58 Å². The first-order valence-electron chi connectivity index (χ1n) is 10.6. The van der Waals surface area contributed by atoms with Crippen LogP contribution < -0.4 is 11.1 Å². The summed E-state index contributed by atoms with van der Waals surface area (Å²) >= 11 is 0. The first-order valence-corrected chi connectivity index (χ1v) is 10.6. The number of benzene rings is 1. The monoisotopic (exact) mass is 439 g/mol. The van der Waals surface area contributed by atoms with E-state index in [2.05, 4.69) is 24.0 Å². The molecule has 0 aliphatic heterocycles. The van der Waals surface area contributed by atoms with Crippen molar-refractivity contribution in [2.75, 3.05) is 11.1 Å². The Morgan fingerprint density at radius 2 is 1.75 bits per heavy atom. The fourth-order valence-corrected chi connectivity index (χ4v) is 3.74. The predicted octanol–water partition coefficient (Wildman–Crippen LogP) is 7.12. The zero-order chi connectivity index (χ0) is 23.1. The summed E-state index contributed by atoms with van der Waals surface area (Å²) in [5.41, 5.74) is 8.97. The second kappa shape index (κ2) is 10.4. The van der Waals surface area contributed by atoms with Gasteiger partial charge < -0.3 is 16.5 Å². The third-order valence-electron chi connectivity index (χ3n) is 5.58. The minimum atomic E-state index is -4.29. The third kappa shape index (κ3) is 6.36. The summed E-state index contributed by atoms with van der Waals surface area (Å²) in [7, 11) is 0. The Bertz CT molecular complexity index is 992. The maximum absolute atomic E-state index is 12.8. The van der Waals surface area contributed by atoms with Crippen LogP contribution in [0.2, 0.25) is 0 Å². The smallest absolute Gasteiger partial charge is 0.399 e. The largest absolute Gasteiger partial charge is 0.416 e. The molecule has 32 heavy (non-hydrogen) atoms. The molecule has 6 heteroatoms. The molecule has 0 radical (unpaired) electrons. The van der Waals surface area contributed by atoms with Crippen LogP contribution in [0.4, 0.5) is 24.5 Å². The van der Waals surface area contributed by atoms with E-state index in [4.69, 9.17) is 11.1 Å². The van der Waals surface area contributed by atoms with E-state index in [1.807, 2.05) is 36.4 Å². The summed E-state index contributed by atoms with van der Waals surface area (Å²) in [4.78, 5) is 0. The molecule has 1 aromatic rings. The predicted molar refractivity (Wildman–Crippen MR) is 126 cm³/mol. The molecule has 0 bridgehead atoms. The van der Waals surface area contributed by atoms with Crippen molar-refractivity contribution in [2.24, 2.45) is 11.8 Å². The van der Waals surface area contributed by atoms with Gasteiger partial charge in [-0.05, 0) is 73.4 Å². The Balaban J connectivity index is 1.72. The molecule has 0 fully saturated rings. The molecule has 0 aromatic heterocycles. The van der Waals surface area contributed by atoms with Crippen LogP contribution in [0.1, 0.15) is 25.7 Å². The average Bonchev–Trinajstić information content (AvgIpc) is 2.78. The lowest BCUT2D eigenvalue weighted by Gasteiger charge is -2.26. The molecule has 168 valence electrons. The normalized spacial score (nSPS) is 21.0. The van der Waals surface area contributed by atoms with Crippen molar-refractivity contribution in [3.8, 4) is 0 Å². The zero-order valence-electron chi connectivity index (χ0n) is 17.8. The molecule has 0 saturated carbocycles. The van der Waals surface area contributed by atoms with Crippen LogP contribution >= 0.6 is 0 Å². The molecule has 3 nitrogen and oxygen atoms in total. The summed E-state index contributed by atoms with van der Waals surface area (Å²) in [6, 6.07) is 7.37. The summed E-state index contributed by atoms with van der Waals surface area (Å²) in [6.07, 6.45) is 12.0. The Labute approximate surface area is 187 Å². The molecule has 0 heterocycles. The highest BCUT2D eigenvalue weighted by molar-refractivity contribution is 5.94. The highest BCUT2D eigenvalue weighted by atomic mass is 19.4. The van der Waals surface area contributed by atoms with Crippen LogP contribution in [0.25, 0.3) is 0 Å². The Morgan fingerprint density at radius 3 is 2.28 bits per heavy atom. The van der Waals surface area contributed by atoms with E-state index in [1.54, 1.807) is 12.2 Å². The van der Waals surface area contributed by atoms with Crippen molar-refractivity contribution in [1.82, 2.24) is 0 Å². The fraction of sp³-hybridized carbons (Fsp3) is 0.269. The van der Waals surface area contributed by atoms with Gasteiger partial charge in [0.25, 0.3) is 0 Å². The quantitative estimate of drug-likeness (QED) is 0.229. The molecular formula is C26H28F3N3. The lowest BCUT2D eigenvalue weighted by molar-refractivity contribution is -0.0887. The standard InChI is InChI=1S/C26H28F3N3/c1-2-3-4-23(31)17-25(32-24-15-13-22(30)14-16-24)20-7-5-18(6-8-20)19-9-11-21(12-10-19)26(27,28)29/h2,5,7-9,11-19,31-32H,1,3-4,6,10,30H2/b25-17-,31-23?. The fourth-order valence-electron chi connectivity index (χ4n) is 3.74. The molecule has 0 amide bonds. The molecule has 3 rings (SSSR count). The van der Waals surface area contributed by atoms with Gasteiger partial charge in [-0.2, -0.15) is 13.2 Å². The van der Waals surface area contributed by atoms with Crippen LogP contribution in [0.3, 0.4) is 0 Å². The van der Waals surface area contributed by atoms with E-state index in [0.29, 0.717) is 24.2 Å². The van der Waals surface area contributed by atoms with Crippen molar-refractivity contribution in [3.63, 3.8) is 0 Å². The minimum absolute atomic E-state index is 0.0403. The van der Waals surface area contributed by atoms with Crippen molar-refractivity contribution < 1.29 is 13.2 Å². The van der Waals surface area contributed by atoms with Crippen molar-refractivity contribution in [3.05, 3.63) is 96.3 Å². The van der Waals surface area contributed by atoms with Crippen LogP contribution in [0.5, 0.6) is 0 Å². The summed E-state index contributed by atoms with van der Waals surface area (Å²) in [5.74, 6) is 0.178. The zero-order valence-corrected chi connectivity index (χ0v) is 17.8. The highest BCUT2D eigenvalue weighted by Gasteiger charge is 2.33. The summed E-state index contributed by atoms with van der Waals surface area (Å²) in [6.45, 7) is 3.71. The number of alkyl halides is 3. The van der Waals surface area contributed by atoms with Gasteiger partial charge in [-0.25, -0.2) is 0 Å². The molecule has 2 unspecified atom stereocenters. The van der Waals surface area contributed by atoms with Gasteiger partial charge in [0.15, 0.2) is 0 Å². The Morgan fingerprint density at radius 1 is 1.09 bits per heavy atom. The van der Waals surface area contributed by atoms with E-state index in [1.165, 1.54) is 12.2 Å². The lowest BCUT2D eigenvalue weighted by Crippen LogP contribution is -2.18. The number of hydrogen-bond acceptors (Lipinski definition) is 3. The van der Waals surface area contributed by atoms with Crippen molar-refractivity contribution in [2.45, 2.75) is 31.9 Å². The van der Waals surface area contributed by atoms with E-state index < -0.39 is 11.7 Å². The van der Waals surface area contributed by atoms with Gasteiger partial charge in [0.1, 0.15) is 0 Å². The molecule has 4 N–H and O–H groups in total. The first kappa shape index (κ1) is 23.4. The van der Waals surface area contributed by atoms with Crippen molar-refractivity contribution in [1.29, 1.82) is 5.41 Å². The average molecular weight is 440 g/mol. The Kier molecular flexibility index (Phi) is 7.57. The van der Waals surface area contributed by atoms with Gasteiger partial charge in [0, 0.05) is 22.8 Å². The van der Waals surface area contributed by atoms with Gasteiger partial charge in [-0.3, -0.25) is 0 Å². The van der Waals surface area contributed by atoms with Gasteiger partial charge >= 0.3 is 6.18 Å². The number of nitrogens with one attached hydrogen (secondary N) is 2. The van der Waals surface area contributed by atoms with E-state index in [9.17, 15) is 13.2 Å². The number of rotatable bonds is 8. The summed E-state index contributed by atoms with van der Waals surface area (Å²) < 4.78 is 38.5. The number of halogens is 3. The number of anilines is 2. The van der Waals surface area contributed by atoms with E-state index in [-0.39, 0.29) is 11.8 Å². The molecule has 0 saturated heterocycles. The van der Waals surface area contributed by atoms with Crippen LogP contribution in [-0.4, -0.2) is 11.9 Å². The number of hydrogen-bond donors (Lipinski definition) is 3. The van der Waals surface area contributed by atoms with E-state index >= 15 is 0 Å². The topological polar surface area (TPSA) is 61.9 Å². The molecule has 0 spiro atoms. The lowest BCUT2D eigenvalue weighted by atomic mass is 9.80. The maximum Gasteiger partial charge on any atom is 0.416 e. The molecule has 2 atom stereocenters. The van der Waals surface area contributed by atoms with Gasteiger partial charge in [0.2, 0.25) is 0 Å².